The number of hydrogen-bond acceptors (Lipinski definition) is 4. The number of pyridine rings is 2. The van der Waals surface area contributed by atoms with Gasteiger partial charge in [-0.25, -0.2) is 22.5 Å². The molecule has 5 aliphatic rings. The highest BCUT2D eigenvalue weighted by Gasteiger charge is 2.72. The molecule has 1 amide bonds. The number of benzene rings is 1. The van der Waals surface area contributed by atoms with Crippen LogP contribution >= 0.6 is 0 Å². The Morgan fingerprint density at radius 3 is 2.62 bits per heavy atom. The molecule has 6 nitrogen and oxygen atoms in total. The summed E-state index contributed by atoms with van der Waals surface area (Å²) >= 11 is 0. The Hall–Kier alpha value is -3.43. The number of hydrogen-bond donors (Lipinski definition) is 1. The van der Waals surface area contributed by atoms with E-state index in [-0.39, 0.29) is 35.2 Å². The van der Waals surface area contributed by atoms with Crippen LogP contribution in [0.2, 0.25) is 0 Å². The van der Waals surface area contributed by atoms with E-state index in [2.05, 4.69) is 17.2 Å². The highest BCUT2D eigenvalue weighted by Crippen LogP contribution is 2.65. The fourth-order valence-electron chi connectivity index (χ4n) is 8.92. The van der Waals surface area contributed by atoms with E-state index in [0.717, 1.165) is 36.8 Å². The molecule has 5 fully saturated rings. The normalized spacial score (nSPS) is 34.0. The second-order valence-electron chi connectivity index (χ2n) is 13.9. The second kappa shape index (κ2) is 8.57. The predicted molar refractivity (Wildman–Crippen MR) is 149 cm³/mol. The van der Waals surface area contributed by atoms with Crippen LogP contribution < -0.4 is 15.6 Å². The first-order valence-corrected chi connectivity index (χ1v) is 14.9. The summed E-state index contributed by atoms with van der Waals surface area (Å²) < 4.78 is 58.4. The molecule has 42 heavy (non-hydrogen) atoms. The Morgan fingerprint density at radius 2 is 1.88 bits per heavy atom. The number of carbonyl (C=O) groups excluding carboxylic acids is 1. The van der Waals surface area contributed by atoms with E-state index in [1.54, 1.807) is 11.0 Å². The first kappa shape index (κ1) is 26.2. The molecule has 3 heterocycles. The molecular weight excluding hydrogens is 548 g/mol. The van der Waals surface area contributed by atoms with E-state index in [0.29, 0.717) is 30.6 Å². The summed E-state index contributed by atoms with van der Waals surface area (Å²) in [6.45, 7) is 2.57. The van der Waals surface area contributed by atoms with Crippen molar-refractivity contribution in [3.05, 3.63) is 63.9 Å². The molecule has 4 saturated carbocycles. The third-order valence-electron chi connectivity index (χ3n) is 11.1. The molecular formula is C32H32F4N4O2. The monoisotopic (exact) mass is 580 g/mol. The van der Waals surface area contributed by atoms with Gasteiger partial charge in [0, 0.05) is 37.3 Å². The highest BCUT2D eigenvalue weighted by atomic mass is 19.3. The zero-order chi connectivity index (χ0) is 29.2. The van der Waals surface area contributed by atoms with Crippen molar-refractivity contribution in [2.24, 2.45) is 29.1 Å². The Bertz CT molecular complexity index is 1720. The minimum Gasteiger partial charge on any atom is -0.356 e. The molecule has 2 bridgehead atoms. The topological polar surface area (TPSA) is 67.2 Å². The van der Waals surface area contributed by atoms with Crippen LogP contribution in [-0.2, 0) is 0 Å². The lowest BCUT2D eigenvalue weighted by molar-refractivity contribution is 0.0570. The summed E-state index contributed by atoms with van der Waals surface area (Å²) in [5.74, 6) is -1.80. The molecule has 1 saturated heterocycles. The smallest absolute Gasteiger partial charge is 0.257 e. The fraction of sp³-hybridized carbons (Fsp3) is 0.531. The minimum atomic E-state index is -2.70. The van der Waals surface area contributed by atoms with Crippen LogP contribution in [0.1, 0.15) is 62.2 Å². The van der Waals surface area contributed by atoms with Crippen LogP contribution in [0, 0.1) is 40.7 Å². The van der Waals surface area contributed by atoms with Crippen LogP contribution in [0.15, 0.2) is 41.3 Å². The lowest BCUT2D eigenvalue weighted by Crippen LogP contribution is -2.51. The molecule has 220 valence electrons. The molecule has 4 aliphatic carbocycles. The van der Waals surface area contributed by atoms with Crippen molar-refractivity contribution >= 4 is 22.8 Å². The average molecular weight is 581 g/mol. The van der Waals surface area contributed by atoms with Gasteiger partial charge in [-0.05, 0) is 93.4 Å². The largest absolute Gasteiger partial charge is 0.356 e. The number of halogens is 4. The number of aromatic nitrogens is 2. The number of anilines is 1. The summed E-state index contributed by atoms with van der Waals surface area (Å²) in [4.78, 5) is 33.9. The van der Waals surface area contributed by atoms with Gasteiger partial charge in [0.25, 0.3) is 11.8 Å². The summed E-state index contributed by atoms with van der Waals surface area (Å²) in [6.07, 6.45) is 6.78. The first-order valence-electron chi connectivity index (χ1n) is 14.9. The van der Waals surface area contributed by atoms with Gasteiger partial charge in [0.05, 0.1) is 16.5 Å². The standard InChI is InChI=1S/C32H32F4N4O2/c1-30(12-17-8-18-10-19(13-30)22(18)9-17)38-29(42)23-14-40(25-4-2-20(33)11-24(25)34)28-21(27(23)41)3-5-26(37-28)39-7-6-31(16-39)15-32(31,35)36/h2-5,11,14,17-19,22H,6-10,12-13,15-16H2,1H3,(H,38,42). The number of alkyl halides is 2. The van der Waals surface area contributed by atoms with Crippen LogP contribution in [0.5, 0.6) is 0 Å². The van der Waals surface area contributed by atoms with Gasteiger partial charge in [0.2, 0.25) is 5.43 Å². The number of fused-ring (bicyclic) bond motifs is 2. The van der Waals surface area contributed by atoms with Gasteiger partial charge >= 0.3 is 0 Å². The maximum Gasteiger partial charge on any atom is 0.257 e. The van der Waals surface area contributed by atoms with E-state index < -0.39 is 39.8 Å². The number of rotatable bonds is 4. The van der Waals surface area contributed by atoms with E-state index >= 15 is 4.39 Å². The van der Waals surface area contributed by atoms with Crippen LogP contribution in [-0.4, -0.2) is 40.0 Å². The second-order valence-corrected chi connectivity index (χ2v) is 13.9. The maximum atomic E-state index is 15.1. The highest BCUT2D eigenvalue weighted by molar-refractivity contribution is 5.97. The quantitative estimate of drug-likeness (QED) is 0.394. The molecule has 10 heteroatoms. The Labute approximate surface area is 240 Å². The van der Waals surface area contributed by atoms with Crippen molar-refractivity contribution in [1.29, 1.82) is 0 Å². The van der Waals surface area contributed by atoms with Crippen molar-refractivity contribution in [2.45, 2.75) is 63.3 Å². The predicted octanol–water partition coefficient (Wildman–Crippen LogP) is 5.84. The number of nitrogens with one attached hydrogen (secondary N) is 1. The van der Waals surface area contributed by atoms with E-state index in [9.17, 15) is 22.8 Å². The fourth-order valence-corrected chi connectivity index (χ4v) is 8.92. The van der Waals surface area contributed by atoms with Crippen LogP contribution in [0.4, 0.5) is 23.4 Å². The molecule has 3 aromatic rings. The summed E-state index contributed by atoms with van der Waals surface area (Å²) in [6, 6.07) is 6.17. The van der Waals surface area contributed by atoms with E-state index in [4.69, 9.17) is 0 Å². The summed E-state index contributed by atoms with van der Waals surface area (Å²) in [5, 5.41) is 3.26. The molecule has 0 radical (unpaired) electrons. The number of carbonyl (C=O) groups is 1. The molecule has 1 aromatic carbocycles. The Morgan fingerprint density at radius 1 is 1.07 bits per heavy atom. The molecule has 6 atom stereocenters. The third kappa shape index (κ3) is 3.85. The zero-order valence-electron chi connectivity index (χ0n) is 23.3. The van der Waals surface area contributed by atoms with Crippen LogP contribution in [0.3, 0.4) is 0 Å². The van der Waals surface area contributed by atoms with Gasteiger partial charge in [-0.1, -0.05) is 0 Å². The van der Waals surface area contributed by atoms with E-state index in [1.165, 1.54) is 42.2 Å². The molecule has 1 aliphatic heterocycles. The average Bonchev–Trinajstić information content (AvgIpc) is 3.16. The Balaban J connectivity index is 1.19. The van der Waals surface area contributed by atoms with Gasteiger partial charge in [0.1, 0.15) is 23.0 Å². The Kier molecular flexibility index (Phi) is 5.35. The van der Waals surface area contributed by atoms with Crippen molar-refractivity contribution in [1.82, 2.24) is 14.9 Å². The maximum absolute atomic E-state index is 15.1. The van der Waals surface area contributed by atoms with Crippen LogP contribution in [0.25, 0.3) is 16.7 Å². The zero-order valence-corrected chi connectivity index (χ0v) is 23.3. The molecule has 8 rings (SSSR count). The lowest BCUT2D eigenvalue weighted by atomic mass is 9.62. The summed E-state index contributed by atoms with van der Waals surface area (Å²) in [5.41, 5.74) is -2.22. The lowest BCUT2D eigenvalue weighted by Gasteiger charge is -2.46. The third-order valence-corrected chi connectivity index (χ3v) is 11.1. The molecule has 1 N–H and O–H groups in total. The van der Waals surface area contributed by atoms with Crippen molar-refractivity contribution in [3.8, 4) is 5.69 Å². The van der Waals surface area contributed by atoms with Gasteiger partial charge < -0.3 is 10.2 Å². The minimum absolute atomic E-state index is 0.0709. The van der Waals surface area contributed by atoms with Gasteiger partial charge in [0.15, 0.2) is 5.65 Å². The SMILES string of the molecule is CC1(NC(=O)c2cn(-c3ccc(F)cc3F)c3nc(N4CCC5(C4)CC5(F)F)ccc3c2=O)CC2CC3CC(C1)C3C2. The van der Waals surface area contributed by atoms with Crippen molar-refractivity contribution < 1.29 is 22.4 Å². The number of amides is 1. The van der Waals surface area contributed by atoms with E-state index in [1.807, 2.05) is 0 Å². The van der Waals surface area contributed by atoms with Crippen molar-refractivity contribution in [2.75, 3.05) is 18.0 Å². The van der Waals surface area contributed by atoms with Crippen molar-refractivity contribution in [3.63, 3.8) is 0 Å². The molecule has 6 unspecified atom stereocenters. The molecule has 2 aromatic heterocycles. The summed E-state index contributed by atoms with van der Waals surface area (Å²) in [7, 11) is 0. The number of nitrogens with zero attached hydrogens (tertiary/aromatic N) is 3. The molecule has 1 spiro atoms. The van der Waals surface area contributed by atoms with Gasteiger partial charge in [-0.2, -0.15) is 0 Å². The van der Waals surface area contributed by atoms with Gasteiger partial charge in [-0.15, -0.1) is 0 Å². The van der Waals surface area contributed by atoms with Gasteiger partial charge in [-0.3, -0.25) is 14.2 Å². The first-order chi connectivity index (χ1) is 19.9.